The Morgan fingerprint density at radius 1 is 1.36 bits per heavy atom. The van der Waals surface area contributed by atoms with E-state index in [-0.39, 0.29) is 11.2 Å². The average molecular weight is 242 g/mol. The topological polar surface area (TPSA) is 46.2 Å². The van der Waals surface area contributed by atoms with Crippen LogP contribution in [-0.2, 0) is 10.0 Å². The molecule has 5 heteroatoms. The van der Waals surface area contributed by atoms with Gasteiger partial charge in [0, 0.05) is 12.4 Å². The van der Waals surface area contributed by atoms with Crippen LogP contribution < -0.4 is 4.72 Å². The summed E-state index contributed by atoms with van der Waals surface area (Å²) in [5, 5.41) is 0. The van der Waals surface area contributed by atoms with E-state index in [1.54, 1.807) is 6.92 Å². The second-order valence-electron chi connectivity index (χ2n) is 4.18. The third kappa shape index (κ3) is 6.62. The molecule has 86 valence electrons. The molecule has 0 saturated carbocycles. The van der Waals surface area contributed by atoms with Crippen LogP contribution in [0.1, 0.15) is 33.6 Å². The summed E-state index contributed by atoms with van der Waals surface area (Å²) < 4.78 is 25.0. The first-order valence-electron chi connectivity index (χ1n) is 4.86. The molecule has 0 saturated heterocycles. The Labute approximate surface area is 92.3 Å². The van der Waals surface area contributed by atoms with E-state index in [4.69, 9.17) is 11.6 Å². The molecule has 0 aliphatic carbocycles. The number of hydrogen-bond acceptors (Lipinski definition) is 2. The molecule has 14 heavy (non-hydrogen) atoms. The molecule has 0 spiro atoms. The van der Waals surface area contributed by atoms with Gasteiger partial charge < -0.3 is 0 Å². The molecular weight excluding hydrogens is 222 g/mol. The van der Waals surface area contributed by atoms with Crippen LogP contribution in [-0.4, -0.2) is 26.6 Å². The van der Waals surface area contributed by atoms with E-state index in [2.05, 4.69) is 4.72 Å². The average Bonchev–Trinajstić information content (AvgIpc) is 2.12. The van der Waals surface area contributed by atoms with Crippen molar-refractivity contribution in [1.29, 1.82) is 0 Å². The fourth-order valence-corrected chi connectivity index (χ4v) is 1.99. The lowest BCUT2D eigenvalue weighted by molar-refractivity contribution is 0.331. The van der Waals surface area contributed by atoms with Gasteiger partial charge in [0.1, 0.15) is 0 Å². The molecule has 0 rings (SSSR count). The van der Waals surface area contributed by atoms with Gasteiger partial charge in [0.05, 0.1) is 5.75 Å². The van der Waals surface area contributed by atoms with E-state index in [1.807, 2.05) is 13.8 Å². The van der Waals surface area contributed by atoms with Crippen molar-refractivity contribution < 1.29 is 8.42 Å². The van der Waals surface area contributed by atoms with Crippen LogP contribution in [0.2, 0.25) is 0 Å². The number of nitrogens with one attached hydrogen (secondary N) is 1. The van der Waals surface area contributed by atoms with Crippen molar-refractivity contribution in [3.63, 3.8) is 0 Å². The van der Waals surface area contributed by atoms with Gasteiger partial charge in [0.2, 0.25) is 10.0 Å². The maximum Gasteiger partial charge on any atom is 0.211 e. The second kappa shape index (κ2) is 5.93. The molecule has 0 atom stereocenters. The monoisotopic (exact) mass is 241 g/mol. The van der Waals surface area contributed by atoms with Crippen molar-refractivity contribution in [2.24, 2.45) is 5.41 Å². The second-order valence-corrected chi connectivity index (χ2v) is 6.65. The van der Waals surface area contributed by atoms with Crippen LogP contribution in [0.5, 0.6) is 0 Å². The minimum absolute atomic E-state index is 0.0167. The summed E-state index contributed by atoms with van der Waals surface area (Å²) in [5.41, 5.74) is -0.0167. The van der Waals surface area contributed by atoms with Gasteiger partial charge in [0.15, 0.2) is 0 Å². The van der Waals surface area contributed by atoms with Crippen molar-refractivity contribution in [2.75, 3.05) is 18.2 Å². The molecule has 0 fully saturated rings. The van der Waals surface area contributed by atoms with Crippen molar-refractivity contribution in [3.05, 3.63) is 0 Å². The minimum atomic E-state index is -3.06. The normalized spacial score (nSPS) is 13.1. The summed E-state index contributed by atoms with van der Waals surface area (Å²) in [6, 6.07) is 0. The van der Waals surface area contributed by atoms with Gasteiger partial charge in [-0.05, 0) is 25.2 Å². The van der Waals surface area contributed by atoms with Crippen LogP contribution in [0.4, 0.5) is 0 Å². The first-order chi connectivity index (χ1) is 6.33. The number of halogens is 1. The van der Waals surface area contributed by atoms with Gasteiger partial charge in [-0.2, -0.15) is 0 Å². The predicted molar refractivity (Wildman–Crippen MR) is 61.2 cm³/mol. The third-order valence-corrected chi connectivity index (χ3v) is 3.75. The zero-order valence-electron chi connectivity index (χ0n) is 9.14. The van der Waals surface area contributed by atoms with E-state index < -0.39 is 10.0 Å². The van der Waals surface area contributed by atoms with Crippen LogP contribution in [0.3, 0.4) is 0 Å². The first-order valence-corrected chi connectivity index (χ1v) is 7.05. The molecule has 0 radical (unpaired) electrons. The molecule has 0 amide bonds. The molecular formula is C9H20ClNO2S. The Morgan fingerprint density at radius 3 is 2.36 bits per heavy atom. The van der Waals surface area contributed by atoms with Gasteiger partial charge in [-0.15, -0.1) is 11.6 Å². The fraction of sp³-hybridized carbons (Fsp3) is 1.00. The number of alkyl halides is 1. The van der Waals surface area contributed by atoms with E-state index in [1.165, 1.54) is 0 Å². The summed E-state index contributed by atoms with van der Waals surface area (Å²) in [6.45, 7) is 6.20. The van der Waals surface area contributed by atoms with Crippen LogP contribution in [0.25, 0.3) is 0 Å². The van der Waals surface area contributed by atoms with Gasteiger partial charge in [-0.1, -0.05) is 13.8 Å². The molecule has 0 aromatic heterocycles. The van der Waals surface area contributed by atoms with Crippen LogP contribution in [0.15, 0.2) is 0 Å². The number of sulfonamides is 1. The molecule has 0 aliphatic heterocycles. The molecule has 1 N–H and O–H groups in total. The lowest BCUT2D eigenvalue weighted by Gasteiger charge is -2.24. The Hall–Kier alpha value is 0.200. The Balaban J connectivity index is 3.98. The number of rotatable bonds is 7. The van der Waals surface area contributed by atoms with Crippen molar-refractivity contribution in [1.82, 2.24) is 4.72 Å². The lowest BCUT2D eigenvalue weighted by atomic mass is 9.88. The van der Waals surface area contributed by atoms with E-state index >= 15 is 0 Å². The highest BCUT2D eigenvalue weighted by molar-refractivity contribution is 7.89. The SMILES string of the molecule is CCS(=O)(=O)NCC(C)(C)CCCCl. The zero-order valence-corrected chi connectivity index (χ0v) is 10.7. The Morgan fingerprint density at radius 2 is 1.93 bits per heavy atom. The van der Waals surface area contributed by atoms with Crippen molar-refractivity contribution in [2.45, 2.75) is 33.6 Å². The van der Waals surface area contributed by atoms with E-state index in [0.717, 1.165) is 12.8 Å². The smallest absolute Gasteiger partial charge is 0.211 e. The van der Waals surface area contributed by atoms with Gasteiger partial charge >= 0.3 is 0 Å². The summed E-state index contributed by atoms with van der Waals surface area (Å²) >= 11 is 5.59. The Kier molecular flexibility index (Phi) is 6.02. The summed E-state index contributed by atoms with van der Waals surface area (Å²) in [6.07, 6.45) is 1.85. The maximum absolute atomic E-state index is 11.2. The Bertz CT molecular complexity index is 250. The lowest BCUT2D eigenvalue weighted by Crippen LogP contribution is -2.34. The summed E-state index contributed by atoms with van der Waals surface area (Å²) in [4.78, 5) is 0. The van der Waals surface area contributed by atoms with Crippen LogP contribution >= 0.6 is 11.6 Å². The highest BCUT2D eigenvalue weighted by atomic mass is 35.5. The summed E-state index contributed by atoms with van der Waals surface area (Å²) in [7, 11) is -3.06. The van der Waals surface area contributed by atoms with Crippen molar-refractivity contribution >= 4 is 21.6 Å². The first kappa shape index (κ1) is 14.2. The third-order valence-electron chi connectivity index (χ3n) is 2.14. The van der Waals surface area contributed by atoms with Gasteiger partial charge in [0.25, 0.3) is 0 Å². The molecule has 3 nitrogen and oxygen atoms in total. The van der Waals surface area contributed by atoms with Gasteiger partial charge in [-0.3, -0.25) is 0 Å². The van der Waals surface area contributed by atoms with Crippen LogP contribution in [0, 0.1) is 5.41 Å². The van der Waals surface area contributed by atoms with Crippen molar-refractivity contribution in [3.8, 4) is 0 Å². The minimum Gasteiger partial charge on any atom is -0.215 e. The molecule has 0 aliphatic rings. The van der Waals surface area contributed by atoms with E-state index in [0.29, 0.717) is 12.4 Å². The quantitative estimate of drug-likeness (QED) is 0.693. The molecule has 0 heterocycles. The predicted octanol–water partition coefficient (Wildman–Crippen LogP) is 1.97. The maximum atomic E-state index is 11.2. The van der Waals surface area contributed by atoms with E-state index in [9.17, 15) is 8.42 Å². The fourth-order valence-electron chi connectivity index (χ4n) is 1.04. The summed E-state index contributed by atoms with van der Waals surface area (Å²) in [5.74, 6) is 0.766. The molecule has 0 aromatic carbocycles. The highest BCUT2D eigenvalue weighted by Gasteiger charge is 2.19. The molecule has 0 aromatic rings. The molecule has 0 bridgehead atoms. The van der Waals surface area contributed by atoms with Gasteiger partial charge in [-0.25, -0.2) is 13.1 Å². The largest absolute Gasteiger partial charge is 0.215 e. The molecule has 0 unspecified atom stereocenters. The standard InChI is InChI=1S/C9H20ClNO2S/c1-4-14(12,13)11-8-9(2,3)6-5-7-10/h11H,4-8H2,1-3H3. The number of hydrogen-bond donors (Lipinski definition) is 1. The highest BCUT2D eigenvalue weighted by Crippen LogP contribution is 2.21. The zero-order chi connectivity index (χ0) is 11.2.